The molecular formula is C21H14N2O8. The first-order chi connectivity index (χ1) is 14.7. The van der Waals surface area contributed by atoms with Crippen molar-refractivity contribution < 1.29 is 34.3 Å². The summed E-state index contributed by atoms with van der Waals surface area (Å²) in [6.45, 7) is 0. The largest absolute Gasteiger partial charge is 0.478 e. The number of nitro benzene ring substituents is 1. The van der Waals surface area contributed by atoms with Crippen molar-refractivity contribution in [3.05, 3.63) is 93.5 Å². The van der Waals surface area contributed by atoms with Gasteiger partial charge in [-0.2, -0.15) is 0 Å². The van der Waals surface area contributed by atoms with Crippen molar-refractivity contribution in [3.8, 4) is 11.5 Å². The summed E-state index contributed by atoms with van der Waals surface area (Å²) in [5, 5.41) is 31.6. The average molecular weight is 422 g/mol. The predicted octanol–water partition coefficient (Wildman–Crippen LogP) is 4.04. The lowest BCUT2D eigenvalue weighted by Gasteiger charge is -2.10. The minimum Gasteiger partial charge on any atom is -0.478 e. The van der Waals surface area contributed by atoms with Crippen molar-refractivity contribution in [1.29, 1.82) is 0 Å². The molecule has 0 atom stereocenters. The Labute approximate surface area is 174 Å². The van der Waals surface area contributed by atoms with Crippen LogP contribution in [0.1, 0.15) is 31.1 Å². The monoisotopic (exact) mass is 422 g/mol. The van der Waals surface area contributed by atoms with Gasteiger partial charge in [-0.15, -0.1) is 0 Å². The first kappa shape index (κ1) is 21.0. The van der Waals surface area contributed by atoms with E-state index in [0.29, 0.717) is 5.69 Å². The smallest absolute Gasteiger partial charge is 0.336 e. The lowest BCUT2D eigenvalue weighted by molar-refractivity contribution is -0.384. The second-order valence-electron chi connectivity index (χ2n) is 6.21. The zero-order chi connectivity index (χ0) is 22.5. The van der Waals surface area contributed by atoms with E-state index < -0.39 is 28.3 Å². The maximum absolute atomic E-state index is 12.3. The van der Waals surface area contributed by atoms with Gasteiger partial charge in [-0.1, -0.05) is 6.07 Å². The van der Waals surface area contributed by atoms with E-state index in [1.54, 1.807) is 18.2 Å². The first-order valence-electron chi connectivity index (χ1n) is 8.69. The molecule has 31 heavy (non-hydrogen) atoms. The van der Waals surface area contributed by atoms with Crippen molar-refractivity contribution in [2.45, 2.75) is 0 Å². The molecule has 0 saturated carbocycles. The quantitative estimate of drug-likeness (QED) is 0.380. The van der Waals surface area contributed by atoms with Crippen LogP contribution < -0.4 is 10.1 Å². The minimum absolute atomic E-state index is 0.0984. The molecule has 3 aromatic carbocycles. The van der Waals surface area contributed by atoms with E-state index in [2.05, 4.69) is 5.32 Å². The number of hydrogen-bond acceptors (Lipinski definition) is 6. The molecule has 0 saturated heterocycles. The molecule has 0 radical (unpaired) electrons. The van der Waals surface area contributed by atoms with Crippen LogP contribution in [0, 0.1) is 10.1 Å². The van der Waals surface area contributed by atoms with Crippen molar-refractivity contribution >= 4 is 29.2 Å². The predicted molar refractivity (Wildman–Crippen MR) is 108 cm³/mol. The zero-order valence-corrected chi connectivity index (χ0v) is 15.6. The summed E-state index contributed by atoms with van der Waals surface area (Å²) in [5.74, 6) is -2.92. The molecule has 3 N–H and O–H groups in total. The van der Waals surface area contributed by atoms with Gasteiger partial charge >= 0.3 is 11.9 Å². The van der Waals surface area contributed by atoms with Crippen LogP contribution in [0.3, 0.4) is 0 Å². The molecule has 3 aromatic rings. The summed E-state index contributed by atoms with van der Waals surface area (Å²) in [6.07, 6.45) is 0. The van der Waals surface area contributed by atoms with E-state index in [0.717, 1.165) is 12.1 Å². The fraction of sp³-hybridized carbons (Fsp3) is 0. The fourth-order valence-corrected chi connectivity index (χ4v) is 2.66. The standard InChI is InChI=1S/C21H14N2O8/c24-19(12-4-6-14(7-5-12)23(29)30)22-13-2-1-3-15(10-13)31-16-8-9-17(20(25)26)18(11-16)21(27)28/h1-11H,(H,22,24)(H,25,26)(H,27,28). The Hall–Kier alpha value is -4.73. The average Bonchev–Trinajstić information content (AvgIpc) is 2.73. The number of anilines is 1. The highest BCUT2D eigenvalue weighted by Gasteiger charge is 2.17. The lowest BCUT2D eigenvalue weighted by atomic mass is 10.1. The molecule has 10 nitrogen and oxygen atoms in total. The number of carbonyl (C=O) groups is 3. The number of aromatic carboxylic acids is 2. The molecule has 10 heteroatoms. The van der Waals surface area contributed by atoms with Crippen LogP contribution in [-0.4, -0.2) is 33.0 Å². The Balaban J connectivity index is 1.77. The molecule has 0 aromatic heterocycles. The number of ether oxygens (including phenoxy) is 1. The van der Waals surface area contributed by atoms with E-state index in [-0.39, 0.29) is 28.3 Å². The Morgan fingerprint density at radius 1 is 0.839 bits per heavy atom. The molecule has 1 amide bonds. The minimum atomic E-state index is -1.41. The zero-order valence-electron chi connectivity index (χ0n) is 15.6. The van der Waals surface area contributed by atoms with Crippen molar-refractivity contribution in [2.24, 2.45) is 0 Å². The number of carbonyl (C=O) groups excluding carboxylic acids is 1. The molecule has 0 spiro atoms. The molecule has 0 bridgehead atoms. The lowest BCUT2D eigenvalue weighted by Crippen LogP contribution is -2.11. The van der Waals surface area contributed by atoms with Crippen LogP contribution in [0.15, 0.2) is 66.7 Å². The molecule has 0 fully saturated rings. The van der Waals surface area contributed by atoms with Crippen molar-refractivity contribution in [2.75, 3.05) is 5.32 Å². The van der Waals surface area contributed by atoms with E-state index >= 15 is 0 Å². The topological polar surface area (TPSA) is 156 Å². The maximum atomic E-state index is 12.3. The Morgan fingerprint density at radius 2 is 1.48 bits per heavy atom. The summed E-state index contributed by atoms with van der Waals surface area (Å²) in [5.41, 5.74) is -0.355. The van der Waals surface area contributed by atoms with E-state index in [1.807, 2.05) is 0 Å². The van der Waals surface area contributed by atoms with Crippen molar-refractivity contribution in [3.63, 3.8) is 0 Å². The van der Waals surface area contributed by atoms with Crippen molar-refractivity contribution in [1.82, 2.24) is 0 Å². The van der Waals surface area contributed by atoms with Gasteiger partial charge in [0, 0.05) is 29.4 Å². The number of benzene rings is 3. The van der Waals surface area contributed by atoms with Gasteiger partial charge in [0.1, 0.15) is 11.5 Å². The van der Waals surface area contributed by atoms with E-state index in [4.69, 9.17) is 9.84 Å². The summed E-state index contributed by atoms with van der Waals surface area (Å²) in [4.78, 5) is 44.9. The number of non-ortho nitro benzene ring substituents is 1. The number of rotatable bonds is 7. The molecule has 3 rings (SSSR count). The Bertz CT molecular complexity index is 1190. The number of carboxylic acid groups (broad SMARTS) is 2. The summed E-state index contributed by atoms with van der Waals surface area (Å²) >= 11 is 0. The normalized spacial score (nSPS) is 10.2. The third-order valence-electron chi connectivity index (χ3n) is 4.12. The summed E-state index contributed by atoms with van der Waals surface area (Å²) < 4.78 is 5.59. The number of nitro groups is 1. The molecule has 0 aliphatic heterocycles. The molecule has 0 heterocycles. The second kappa shape index (κ2) is 8.74. The number of nitrogens with one attached hydrogen (secondary N) is 1. The van der Waals surface area contributed by atoms with Gasteiger partial charge < -0.3 is 20.3 Å². The number of hydrogen-bond donors (Lipinski definition) is 3. The van der Waals surface area contributed by atoms with Gasteiger partial charge in [-0.05, 0) is 42.5 Å². The maximum Gasteiger partial charge on any atom is 0.336 e. The van der Waals surface area contributed by atoms with Crippen LogP contribution >= 0.6 is 0 Å². The van der Waals surface area contributed by atoms with Crippen LogP contribution in [0.25, 0.3) is 0 Å². The van der Waals surface area contributed by atoms with Crippen LogP contribution in [0.5, 0.6) is 11.5 Å². The van der Waals surface area contributed by atoms with E-state index in [9.17, 15) is 29.6 Å². The van der Waals surface area contributed by atoms with Crippen LogP contribution in [-0.2, 0) is 0 Å². The van der Waals surface area contributed by atoms with Gasteiger partial charge in [0.2, 0.25) is 0 Å². The van der Waals surface area contributed by atoms with Gasteiger partial charge in [-0.25, -0.2) is 9.59 Å². The first-order valence-corrected chi connectivity index (χ1v) is 8.69. The van der Waals surface area contributed by atoms with Crippen LogP contribution in [0.4, 0.5) is 11.4 Å². The van der Waals surface area contributed by atoms with Gasteiger partial charge in [0.25, 0.3) is 11.6 Å². The Morgan fingerprint density at radius 3 is 2.10 bits per heavy atom. The molecule has 0 aliphatic carbocycles. The number of carboxylic acids is 2. The number of nitrogens with zero attached hydrogens (tertiary/aromatic N) is 1. The van der Waals surface area contributed by atoms with Gasteiger partial charge in [-0.3, -0.25) is 14.9 Å². The highest BCUT2D eigenvalue weighted by Crippen LogP contribution is 2.27. The Kier molecular flexibility index (Phi) is 5.92. The number of amides is 1. The van der Waals surface area contributed by atoms with E-state index in [1.165, 1.54) is 36.4 Å². The van der Waals surface area contributed by atoms with Gasteiger partial charge in [0.05, 0.1) is 16.1 Å². The summed E-state index contributed by atoms with van der Waals surface area (Å²) in [7, 11) is 0. The SMILES string of the molecule is O=C(Nc1cccc(Oc2ccc(C(=O)O)c(C(=O)O)c2)c1)c1ccc([N+](=O)[O-])cc1. The fourth-order valence-electron chi connectivity index (χ4n) is 2.66. The molecular weight excluding hydrogens is 408 g/mol. The third kappa shape index (κ3) is 5.01. The molecule has 0 aliphatic rings. The highest BCUT2D eigenvalue weighted by molar-refractivity contribution is 6.04. The van der Waals surface area contributed by atoms with Crippen LogP contribution in [0.2, 0.25) is 0 Å². The van der Waals surface area contributed by atoms with Gasteiger partial charge in [0.15, 0.2) is 0 Å². The molecule has 0 unspecified atom stereocenters. The third-order valence-corrected chi connectivity index (χ3v) is 4.12. The highest BCUT2D eigenvalue weighted by atomic mass is 16.6. The summed E-state index contributed by atoms with van der Waals surface area (Å²) in [6, 6.07) is 14.8. The second-order valence-corrected chi connectivity index (χ2v) is 6.21. The molecule has 156 valence electrons.